The maximum atomic E-state index is 5.71. The lowest BCUT2D eigenvalue weighted by molar-refractivity contribution is -0.137. The minimum absolute atomic E-state index is 0.162. The summed E-state index contributed by atoms with van der Waals surface area (Å²) in [5.74, 6) is -0.419. The molecule has 1 saturated heterocycles. The molecule has 4 nitrogen and oxygen atoms in total. The molecule has 1 aliphatic rings. The summed E-state index contributed by atoms with van der Waals surface area (Å²) in [6.45, 7) is 6.26. The van der Waals surface area contributed by atoms with Crippen LogP contribution in [0.15, 0.2) is 18.3 Å². The lowest BCUT2D eigenvalue weighted by atomic mass is 10.3. The van der Waals surface area contributed by atoms with Gasteiger partial charge in [0.05, 0.1) is 12.7 Å². The average Bonchev–Trinajstić information content (AvgIpc) is 2.74. The molecule has 0 amide bonds. The molecule has 0 spiro atoms. The van der Waals surface area contributed by atoms with E-state index in [9.17, 15) is 0 Å². The Hall–Kier alpha value is -0.840. The van der Waals surface area contributed by atoms with Gasteiger partial charge in [0.15, 0.2) is 5.79 Å². The summed E-state index contributed by atoms with van der Waals surface area (Å²) in [7, 11) is 2.05. The molecule has 1 aliphatic heterocycles. The monoisotopic (exact) mass is 224 g/mol. The highest BCUT2D eigenvalue weighted by atomic mass is 16.7. The van der Waals surface area contributed by atoms with E-state index >= 15 is 0 Å². The molecule has 1 aromatic heterocycles. The van der Waals surface area contributed by atoms with Gasteiger partial charge in [-0.25, -0.2) is 0 Å². The number of aromatic nitrogens is 1. The molecule has 4 heteroatoms. The van der Waals surface area contributed by atoms with E-state index in [1.54, 1.807) is 0 Å². The fourth-order valence-electron chi connectivity index (χ4n) is 1.91. The van der Waals surface area contributed by atoms with Gasteiger partial charge >= 0.3 is 0 Å². The zero-order chi connectivity index (χ0) is 11.6. The Morgan fingerprint density at radius 1 is 1.56 bits per heavy atom. The SMILES string of the molecule is Cn1cccc1CNCC1COC(C)(C)O1. The average molecular weight is 224 g/mol. The molecule has 1 N–H and O–H groups in total. The molecule has 0 aromatic carbocycles. The lowest BCUT2D eigenvalue weighted by Gasteiger charge is -2.17. The van der Waals surface area contributed by atoms with E-state index in [2.05, 4.69) is 35.3 Å². The van der Waals surface area contributed by atoms with Crippen LogP contribution in [0, 0.1) is 0 Å². The van der Waals surface area contributed by atoms with Crippen molar-refractivity contribution < 1.29 is 9.47 Å². The van der Waals surface area contributed by atoms with Crippen LogP contribution < -0.4 is 5.32 Å². The van der Waals surface area contributed by atoms with E-state index in [0.29, 0.717) is 6.61 Å². The number of nitrogens with zero attached hydrogens (tertiary/aromatic N) is 1. The fraction of sp³-hybridized carbons (Fsp3) is 0.667. The Kier molecular flexibility index (Phi) is 3.33. The van der Waals surface area contributed by atoms with Crippen LogP contribution in [0.4, 0.5) is 0 Å². The van der Waals surface area contributed by atoms with Gasteiger partial charge in [-0.2, -0.15) is 0 Å². The Bertz CT molecular complexity index is 347. The number of rotatable bonds is 4. The van der Waals surface area contributed by atoms with Crippen LogP contribution in [0.1, 0.15) is 19.5 Å². The second kappa shape index (κ2) is 4.57. The topological polar surface area (TPSA) is 35.4 Å². The summed E-state index contributed by atoms with van der Waals surface area (Å²) in [5, 5.41) is 3.38. The summed E-state index contributed by atoms with van der Waals surface area (Å²) in [4.78, 5) is 0. The molecule has 1 atom stereocenters. The minimum Gasteiger partial charge on any atom is -0.353 e. The maximum absolute atomic E-state index is 5.71. The lowest BCUT2D eigenvalue weighted by Crippen LogP contribution is -2.30. The first-order valence-corrected chi connectivity index (χ1v) is 5.69. The summed E-state index contributed by atoms with van der Waals surface area (Å²) in [6, 6.07) is 4.16. The van der Waals surface area contributed by atoms with Crippen molar-refractivity contribution in [1.82, 2.24) is 9.88 Å². The first kappa shape index (κ1) is 11.6. The van der Waals surface area contributed by atoms with Crippen LogP contribution in [0.5, 0.6) is 0 Å². The highest BCUT2D eigenvalue weighted by Gasteiger charge is 2.32. The first-order chi connectivity index (χ1) is 7.57. The Morgan fingerprint density at radius 3 is 2.94 bits per heavy atom. The molecule has 0 saturated carbocycles. The zero-order valence-electron chi connectivity index (χ0n) is 10.2. The van der Waals surface area contributed by atoms with Crippen molar-refractivity contribution >= 4 is 0 Å². The van der Waals surface area contributed by atoms with E-state index in [0.717, 1.165) is 13.1 Å². The van der Waals surface area contributed by atoms with Crippen LogP contribution in [0.2, 0.25) is 0 Å². The molecule has 1 fully saturated rings. The third-order valence-electron chi connectivity index (χ3n) is 2.80. The third kappa shape index (κ3) is 2.84. The predicted molar refractivity (Wildman–Crippen MR) is 62.0 cm³/mol. The molecule has 2 heterocycles. The summed E-state index contributed by atoms with van der Waals surface area (Å²) < 4.78 is 13.3. The number of ether oxygens (including phenoxy) is 2. The molecule has 0 bridgehead atoms. The quantitative estimate of drug-likeness (QED) is 0.836. The van der Waals surface area contributed by atoms with Crippen molar-refractivity contribution in [3.8, 4) is 0 Å². The molecule has 0 radical (unpaired) electrons. The molecule has 16 heavy (non-hydrogen) atoms. The van der Waals surface area contributed by atoms with E-state index in [4.69, 9.17) is 9.47 Å². The Balaban J connectivity index is 1.71. The normalized spacial score (nSPS) is 23.8. The van der Waals surface area contributed by atoms with Gasteiger partial charge < -0.3 is 19.4 Å². The maximum Gasteiger partial charge on any atom is 0.163 e. The van der Waals surface area contributed by atoms with Crippen molar-refractivity contribution in [3.63, 3.8) is 0 Å². The smallest absolute Gasteiger partial charge is 0.163 e. The highest BCUT2D eigenvalue weighted by molar-refractivity contribution is 5.05. The molecule has 2 rings (SSSR count). The first-order valence-electron chi connectivity index (χ1n) is 5.69. The van der Waals surface area contributed by atoms with E-state index < -0.39 is 5.79 Å². The van der Waals surface area contributed by atoms with Gasteiger partial charge in [-0.05, 0) is 26.0 Å². The fourth-order valence-corrected chi connectivity index (χ4v) is 1.91. The van der Waals surface area contributed by atoms with Crippen LogP contribution in [-0.4, -0.2) is 29.6 Å². The molecule has 1 unspecified atom stereocenters. The van der Waals surface area contributed by atoms with Crippen molar-refractivity contribution in [2.24, 2.45) is 7.05 Å². The van der Waals surface area contributed by atoms with Gasteiger partial charge in [0, 0.05) is 32.0 Å². The Labute approximate surface area is 96.5 Å². The molecule has 90 valence electrons. The van der Waals surface area contributed by atoms with Gasteiger partial charge in [-0.1, -0.05) is 0 Å². The van der Waals surface area contributed by atoms with Crippen molar-refractivity contribution in [3.05, 3.63) is 24.0 Å². The van der Waals surface area contributed by atoms with E-state index in [-0.39, 0.29) is 6.10 Å². The number of hydrogen-bond acceptors (Lipinski definition) is 3. The number of hydrogen-bond donors (Lipinski definition) is 1. The van der Waals surface area contributed by atoms with Crippen LogP contribution in [-0.2, 0) is 23.1 Å². The Morgan fingerprint density at radius 2 is 2.38 bits per heavy atom. The van der Waals surface area contributed by atoms with Crippen LogP contribution in [0.25, 0.3) is 0 Å². The zero-order valence-corrected chi connectivity index (χ0v) is 10.2. The van der Waals surface area contributed by atoms with Crippen molar-refractivity contribution in [1.29, 1.82) is 0 Å². The number of nitrogens with one attached hydrogen (secondary N) is 1. The predicted octanol–water partition coefficient (Wildman–Crippen LogP) is 1.27. The van der Waals surface area contributed by atoms with Gasteiger partial charge in [0.25, 0.3) is 0 Å². The van der Waals surface area contributed by atoms with Crippen molar-refractivity contribution in [2.45, 2.75) is 32.3 Å². The molecular weight excluding hydrogens is 204 g/mol. The van der Waals surface area contributed by atoms with Crippen LogP contribution in [0.3, 0.4) is 0 Å². The third-order valence-corrected chi connectivity index (χ3v) is 2.80. The number of aryl methyl sites for hydroxylation is 1. The minimum atomic E-state index is -0.419. The summed E-state index contributed by atoms with van der Waals surface area (Å²) in [5.41, 5.74) is 1.28. The molecule has 1 aromatic rings. The standard InChI is InChI=1S/C12H20N2O2/c1-12(2)15-9-11(16-12)8-13-7-10-5-4-6-14(10)3/h4-6,11,13H,7-9H2,1-3H3. The van der Waals surface area contributed by atoms with Crippen molar-refractivity contribution in [2.75, 3.05) is 13.2 Å². The molecular formula is C12H20N2O2. The van der Waals surface area contributed by atoms with Gasteiger partial charge in [-0.15, -0.1) is 0 Å². The van der Waals surface area contributed by atoms with Gasteiger partial charge in [-0.3, -0.25) is 0 Å². The van der Waals surface area contributed by atoms with Gasteiger partial charge in [0.1, 0.15) is 0 Å². The van der Waals surface area contributed by atoms with E-state index in [1.807, 2.05) is 13.8 Å². The van der Waals surface area contributed by atoms with E-state index in [1.165, 1.54) is 5.69 Å². The second-order valence-electron chi connectivity index (χ2n) is 4.69. The summed E-state index contributed by atoms with van der Waals surface area (Å²) in [6.07, 6.45) is 2.21. The summed E-state index contributed by atoms with van der Waals surface area (Å²) >= 11 is 0. The highest BCUT2D eigenvalue weighted by Crippen LogP contribution is 2.21. The van der Waals surface area contributed by atoms with Gasteiger partial charge in [0.2, 0.25) is 0 Å². The second-order valence-corrected chi connectivity index (χ2v) is 4.69. The van der Waals surface area contributed by atoms with Crippen LogP contribution >= 0.6 is 0 Å². The molecule has 0 aliphatic carbocycles. The largest absolute Gasteiger partial charge is 0.353 e.